The molecule has 124 valence electrons. The van der Waals surface area contributed by atoms with E-state index in [9.17, 15) is 4.79 Å². The average molecular weight is 344 g/mol. The Kier molecular flexibility index (Phi) is 5.01. The molecule has 1 aliphatic heterocycles. The average Bonchev–Trinajstić information content (AvgIpc) is 3.11. The fourth-order valence-electron chi connectivity index (χ4n) is 2.60. The Morgan fingerprint density at radius 3 is 2.62 bits per heavy atom. The monoisotopic (exact) mass is 343 g/mol. The normalized spacial score (nSPS) is 13.3. The number of ether oxygens (including phenoxy) is 1. The number of urea groups is 1. The van der Waals surface area contributed by atoms with Crippen molar-refractivity contribution in [3.8, 4) is 5.75 Å². The standard InChI is InChI=1S/C18H18ClN3O2/c1-24-16-6-3-2-5-15(16)21-18(23)22(17-7-4-12-20-17)14-10-8-13(19)9-11-14/h2-3,5-6,8-11H,4,7,12H2,1H3,(H,21,23). The topological polar surface area (TPSA) is 53.9 Å². The lowest BCUT2D eigenvalue weighted by Crippen LogP contribution is -2.39. The number of carbonyl (C=O) groups is 1. The zero-order valence-electron chi connectivity index (χ0n) is 13.3. The third-order valence-corrected chi connectivity index (χ3v) is 4.00. The summed E-state index contributed by atoms with van der Waals surface area (Å²) in [4.78, 5) is 18.9. The molecule has 2 aromatic rings. The minimum Gasteiger partial charge on any atom is -0.495 e. The number of nitrogens with zero attached hydrogens (tertiary/aromatic N) is 2. The molecule has 5 nitrogen and oxygen atoms in total. The van der Waals surface area contributed by atoms with Gasteiger partial charge in [0.05, 0.1) is 18.5 Å². The van der Waals surface area contributed by atoms with Crippen molar-refractivity contribution in [2.45, 2.75) is 12.8 Å². The van der Waals surface area contributed by atoms with Crippen LogP contribution in [0.3, 0.4) is 0 Å². The van der Waals surface area contributed by atoms with Crippen LogP contribution in [0.2, 0.25) is 5.02 Å². The van der Waals surface area contributed by atoms with Crippen LogP contribution in [0.1, 0.15) is 12.8 Å². The van der Waals surface area contributed by atoms with Crippen molar-refractivity contribution in [2.24, 2.45) is 4.99 Å². The summed E-state index contributed by atoms with van der Waals surface area (Å²) in [7, 11) is 1.57. The van der Waals surface area contributed by atoms with E-state index in [0.717, 1.165) is 30.9 Å². The molecule has 0 bridgehead atoms. The molecule has 1 aliphatic rings. The molecule has 0 aliphatic carbocycles. The summed E-state index contributed by atoms with van der Waals surface area (Å²) in [6.45, 7) is 0.737. The maximum Gasteiger partial charge on any atom is 0.331 e. The molecule has 3 rings (SSSR count). The van der Waals surface area contributed by atoms with Crippen molar-refractivity contribution in [2.75, 3.05) is 23.9 Å². The predicted octanol–water partition coefficient (Wildman–Crippen LogP) is 4.58. The maximum absolute atomic E-state index is 12.9. The number of aliphatic imine (C=N–C) groups is 1. The lowest BCUT2D eigenvalue weighted by Gasteiger charge is -2.23. The second-order valence-corrected chi connectivity index (χ2v) is 5.78. The number of nitrogens with one attached hydrogen (secondary N) is 1. The van der Waals surface area contributed by atoms with Gasteiger partial charge in [0, 0.05) is 18.0 Å². The van der Waals surface area contributed by atoms with Crippen LogP contribution in [0.15, 0.2) is 53.5 Å². The molecule has 0 atom stereocenters. The van der Waals surface area contributed by atoms with Gasteiger partial charge in [-0.05, 0) is 42.8 Å². The smallest absolute Gasteiger partial charge is 0.331 e. The third kappa shape index (κ3) is 3.51. The van der Waals surface area contributed by atoms with E-state index in [4.69, 9.17) is 16.3 Å². The predicted molar refractivity (Wildman–Crippen MR) is 97.5 cm³/mol. The number of para-hydroxylation sites is 2. The molecular weight excluding hydrogens is 326 g/mol. The molecule has 0 saturated carbocycles. The van der Waals surface area contributed by atoms with E-state index in [1.54, 1.807) is 36.3 Å². The molecule has 2 aromatic carbocycles. The molecular formula is C18H18ClN3O2. The first-order chi connectivity index (χ1) is 11.7. The minimum atomic E-state index is -0.275. The van der Waals surface area contributed by atoms with Crippen LogP contribution in [0.25, 0.3) is 0 Å². The third-order valence-electron chi connectivity index (χ3n) is 3.75. The lowest BCUT2D eigenvalue weighted by atomic mass is 10.2. The number of carbonyl (C=O) groups excluding carboxylic acids is 1. The molecule has 0 saturated heterocycles. The molecule has 0 radical (unpaired) electrons. The van der Waals surface area contributed by atoms with Gasteiger partial charge in [0.1, 0.15) is 11.6 Å². The van der Waals surface area contributed by atoms with Crippen molar-refractivity contribution in [3.05, 3.63) is 53.6 Å². The highest BCUT2D eigenvalue weighted by Crippen LogP contribution is 2.26. The fourth-order valence-corrected chi connectivity index (χ4v) is 2.73. The van der Waals surface area contributed by atoms with Crippen LogP contribution < -0.4 is 15.0 Å². The highest BCUT2D eigenvalue weighted by molar-refractivity contribution is 6.30. The number of hydrogen-bond acceptors (Lipinski definition) is 3. The summed E-state index contributed by atoms with van der Waals surface area (Å²) in [6.07, 6.45) is 1.71. The summed E-state index contributed by atoms with van der Waals surface area (Å²) in [5.74, 6) is 1.36. The molecule has 0 aromatic heterocycles. The fraction of sp³-hybridized carbons (Fsp3) is 0.222. The van der Waals surface area contributed by atoms with Crippen LogP contribution in [0.4, 0.5) is 16.2 Å². The SMILES string of the molecule is COc1ccccc1NC(=O)N(C1=NCCC1)c1ccc(Cl)cc1. The van der Waals surface area contributed by atoms with E-state index in [1.807, 2.05) is 24.3 Å². The van der Waals surface area contributed by atoms with E-state index in [-0.39, 0.29) is 6.03 Å². The Labute approximate surface area is 145 Å². The maximum atomic E-state index is 12.9. The van der Waals surface area contributed by atoms with Crippen molar-refractivity contribution >= 4 is 34.8 Å². The zero-order valence-corrected chi connectivity index (χ0v) is 14.1. The number of rotatable bonds is 3. The molecule has 6 heteroatoms. The van der Waals surface area contributed by atoms with E-state index in [0.29, 0.717) is 16.5 Å². The number of halogens is 1. The Bertz CT molecular complexity index is 759. The van der Waals surface area contributed by atoms with Crippen LogP contribution in [-0.4, -0.2) is 25.5 Å². The second-order valence-electron chi connectivity index (χ2n) is 5.34. The minimum absolute atomic E-state index is 0.275. The van der Waals surface area contributed by atoms with Gasteiger partial charge in [0.2, 0.25) is 0 Å². The Morgan fingerprint density at radius 1 is 1.21 bits per heavy atom. The molecule has 0 fully saturated rings. The van der Waals surface area contributed by atoms with Crippen LogP contribution in [-0.2, 0) is 0 Å². The molecule has 2 amide bonds. The molecule has 24 heavy (non-hydrogen) atoms. The van der Waals surface area contributed by atoms with Gasteiger partial charge < -0.3 is 10.1 Å². The van der Waals surface area contributed by atoms with E-state index >= 15 is 0 Å². The van der Waals surface area contributed by atoms with E-state index in [2.05, 4.69) is 10.3 Å². The van der Waals surface area contributed by atoms with Crippen LogP contribution >= 0.6 is 11.6 Å². The first-order valence-electron chi connectivity index (χ1n) is 7.72. The number of amides is 2. The summed E-state index contributed by atoms with van der Waals surface area (Å²) in [5, 5.41) is 3.52. The first kappa shape index (κ1) is 16.3. The molecule has 1 heterocycles. The van der Waals surface area contributed by atoms with Gasteiger partial charge in [0.15, 0.2) is 0 Å². The zero-order chi connectivity index (χ0) is 16.9. The highest BCUT2D eigenvalue weighted by atomic mass is 35.5. The van der Waals surface area contributed by atoms with Crippen LogP contribution in [0.5, 0.6) is 5.75 Å². The number of amidine groups is 1. The second kappa shape index (κ2) is 7.36. The van der Waals surface area contributed by atoms with E-state index < -0.39 is 0 Å². The Balaban J connectivity index is 1.90. The lowest BCUT2D eigenvalue weighted by molar-refractivity contribution is 0.259. The summed E-state index contributed by atoms with van der Waals surface area (Å²) in [5.41, 5.74) is 1.34. The van der Waals surface area contributed by atoms with Gasteiger partial charge in [-0.15, -0.1) is 0 Å². The molecule has 0 spiro atoms. The van der Waals surface area contributed by atoms with Crippen molar-refractivity contribution in [1.82, 2.24) is 0 Å². The highest BCUT2D eigenvalue weighted by Gasteiger charge is 2.24. The van der Waals surface area contributed by atoms with Gasteiger partial charge in [-0.25, -0.2) is 4.79 Å². The van der Waals surface area contributed by atoms with Crippen molar-refractivity contribution in [1.29, 1.82) is 0 Å². The Morgan fingerprint density at radius 2 is 1.96 bits per heavy atom. The van der Waals surface area contributed by atoms with Gasteiger partial charge in [0.25, 0.3) is 0 Å². The summed E-state index contributed by atoms with van der Waals surface area (Å²) in [6, 6.07) is 14.2. The number of methoxy groups -OCH3 is 1. The van der Waals surface area contributed by atoms with Gasteiger partial charge >= 0.3 is 6.03 Å². The Hall–Kier alpha value is -2.53. The summed E-state index contributed by atoms with van der Waals surface area (Å²) < 4.78 is 5.29. The van der Waals surface area contributed by atoms with Crippen molar-refractivity contribution in [3.63, 3.8) is 0 Å². The van der Waals surface area contributed by atoms with Crippen molar-refractivity contribution < 1.29 is 9.53 Å². The molecule has 0 unspecified atom stereocenters. The number of benzene rings is 2. The van der Waals surface area contributed by atoms with Gasteiger partial charge in [-0.2, -0.15) is 0 Å². The molecule has 1 N–H and O–H groups in total. The number of hydrogen-bond donors (Lipinski definition) is 1. The first-order valence-corrected chi connectivity index (χ1v) is 8.10. The van der Waals surface area contributed by atoms with Gasteiger partial charge in [-0.1, -0.05) is 23.7 Å². The van der Waals surface area contributed by atoms with E-state index in [1.165, 1.54) is 0 Å². The number of anilines is 2. The quantitative estimate of drug-likeness (QED) is 0.886. The summed E-state index contributed by atoms with van der Waals surface area (Å²) >= 11 is 5.96. The largest absolute Gasteiger partial charge is 0.495 e. The van der Waals surface area contributed by atoms with Crippen LogP contribution in [0, 0.1) is 0 Å². The van der Waals surface area contributed by atoms with Gasteiger partial charge in [-0.3, -0.25) is 9.89 Å².